The summed E-state index contributed by atoms with van der Waals surface area (Å²) in [5.74, 6) is 1.84. The molecule has 126 valence electrons. The minimum Gasteiger partial charge on any atom is -0.492 e. The van der Waals surface area contributed by atoms with Gasteiger partial charge in [0.1, 0.15) is 18.2 Å². The van der Waals surface area contributed by atoms with Gasteiger partial charge in [-0.05, 0) is 30.7 Å². The van der Waals surface area contributed by atoms with E-state index in [0.29, 0.717) is 48.4 Å². The van der Waals surface area contributed by atoms with Gasteiger partial charge in [-0.25, -0.2) is 4.98 Å². The molecule has 1 aromatic heterocycles. The van der Waals surface area contributed by atoms with E-state index >= 15 is 0 Å². The van der Waals surface area contributed by atoms with Crippen LogP contribution in [0.4, 0.5) is 17.3 Å². The average Bonchev–Trinajstić information content (AvgIpc) is 2.57. The van der Waals surface area contributed by atoms with Crippen molar-refractivity contribution in [3.05, 3.63) is 36.4 Å². The summed E-state index contributed by atoms with van der Waals surface area (Å²) in [6, 6.07) is 10.5. The molecule has 0 radical (unpaired) electrons. The quantitative estimate of drug-likeness (QED) is 0.812. The van der Waals surface area contributed by atoms with E-state index in [4.69, 9.17) is 20.9 Å². The molecule has 0 bridgehead atoms. The van der Waals surface area contributed by atoms with Gasteiger partial charge in [0.25, 0.3) is 5.91 Å². The number of hydrogen-bond acceptors (Lipinski definition) is 6. The largest absolute Gasteiger partial charge is 0.492 e. The van der Waals surface area contributed by atoms with Crippen LogP contribution in [0, 0.1) is 0 Å². The molecular weight excluding hydrogens is 308 g/mol. The van der Waals surface area contributed by atoms with Crippen LogP contribution >= 0.6 is 0 Å². The lowest BCUT2D eigenvalue weighted by Crippen LogP contribution is -2.47. The smallest absolute Gasteiger partial charge is 0.269 e. The highest BCUT2D eigenvalue weighted by Gasteiger charge is 2.34. The van der Waals surface area contributed by atoms with Gasteiger partial charge in [0.15, 0.2) is 17.7 Å². The first-order valence-corrected chi connectivity index (χ1v) is 7.81. The van der Waals surface area contributed by atoms with Gasteiger partial charge in [0.05, 0.1) is 6.54 Å². The number of hydrogen-bond donors (Lipinski definition) is 2. The number of carbonyl (C=O) groups excluding carboxylic acids is 1. The normalized spacial score (nSPS) is 16.5. The van der Waals surface area contributed by atoms with Crippen molar-refractivity contribution in [3.63, 3.8) is 0 Å². The second kappa shape index (κ2) is 6.66. The average molecular weight is 328 g/mol. The number of nitrogens with two attached hydrogens (primary N) is 2. The molecule has 7 nitrogen and oxygen atoms in total. The maximum absolute atomic E-state index is 12.6. The number of pyridine rings is 1. The first-order valence-electron chi connectivity index (χ1n) is 7.81. The van der Waals surface area contributed by atoms with E-state index in [1.54, 1.807) is 29.2 Å². The summed E-state index contributed by atoms with van der Waals surface area (Å²) in [6.45, 7) is 2.55. The Morgan fingerprint density at radius 3 is 2.88 bits per heavy atom. The minimum atomic E-state index is -0.518. The van der Waals surface area contributed by atoms with E-state index in [2.05, 4.69) is 4.98 Å². The second-order valence-corrected chi connectivity index (χ2v) is 5.48. The van der Waals surface area contributed by atoms with Crippen molar-refractivity contribution in [2.24, 2.45) is 0 Å². The number of nitrogen functional groups attached to an aromatic ring is 2. The number of aromatic nitrogens is 1. The predicted molar refractivity (Wildman–Crippen MR) is 92.1 cm³/mol. The number of fused-ring (bicyclic) bond motifs is 1. The highest BCUT2D eigenvalue weighted by Crippen LogP contribution is 2.33. The van der Waals surface area contributed by atoms with Crippen molar-refractivity contribution in [1.29, 1.82) is 0 Å². The molecule has 0 spiro atoms. The number of anilines is 3. The summed E-state index contributed by atoms with van der Waals surface area (Å²) in [6.07, 6.45) is 0.0604. The van der Waals surface area contributed by atoms with Crippen LogP contribution in [0.1, 0.15) is 13.3 Å². The van der Waals surface area contributed by atoms with Crippen LogP contribution in [-0.4, -0.2) is 30.1 Å². The molecule has 0 fully saturated rings. The fraction of sp³-hybridized carbons (Fsp3) is 0.294. The lowest BCUT2D eigenvalue weighted by Gasteiger charge is -2.33. The number of amides is 1. The Hall–Kier alpha value is -2.96. The zero-order valence-electron chi connectivity index (χ0n) is 13.4. The van der Waals surface area contributed by atoms with Crippen LogP contribution in [0.25, 0.3) is 0 Å². The highest BCUT2D eigenvalue weighted by atomic mass is 16.5. The van der Waals surface area contributed by atoms with Gasteiger partial charge in [0, 0.05) is 11.8 Å². The molecule has 7 heteroatoms. The SMILES string of the molecule is CCC1Oc2ccc(N)nc2N(CCOc2cccc(N)c2)C1=O. The van der Waals surface area contributed by atoms with Crippen LogP contribution < -0.4 is 25.8 Å². The Bertz CT molecular complexity index is 750. The topological polar surface area (TPSA) is 104 Å². The molecule has 1 amide bonds. The maximum Gasteiger partial charge on any atom is 0.269 e. The zero-order valence-corrected chi connectivity index (χ0v) is 13.4. The van der Waals surface area contributed by atoms with Crippen molar-refractivity contribution in [1.82, 2.24) is 4.98 Å². The zero-order chi connectivity index (χ0) is 17.1. The molecule has 1 aliphatic rings. The lowest BCUT2D eigenvalue weighted by molar-refractivity contribution is -0.126. The molecule has 2 aromatic rings. The number of nitrogens with zero attached hydrogens (tertiary/aromatic N) is 2. The Balaban J connectivity index is 1.75. The van der Waals surface area contributed by atoms with Crippen LogP contribution in [0.5, 0.6) is 11.5 Å². The third-order valence-electron chi connectivity index (χ3n) is 3.74. The maximum atomic E-state index is 12.6. The van der Waals surface area contributed by atoms with Crippen molar-refractivity contribution in [3.8, 4) is 11.5 Å². The number of ether oxygens (including phenoxy) is 2. The van der Waals surface area contributed by atoms with Crippen LogP contribution in [0.2, 0.25) is 0 Å². The van der Waals surface area contributed by atoms with Gasteiger partial charge in [-0.1, -0.05) is 13.0 Å². The van der Waals surface area contributed by atoms with Crippen LogP contribution in [-0.2, 0) is 4.79 Å². The molecule has 24 heavy (non-hydrogen) atoms. The first-order chi connectivity index (χ1) is 11.6. The summed E-state index contributed by atoms with van der Waals surface area (Å²) in [4.78, 5) is 18.4. The van der Waals surface area contributed by atoms with E-state index in [0.717, 1.165) is 0 Å². The number of carbonyl (C=O) groups is 1. The molecular formula is C17H20N4O3. The van der Waals surface area contributed by atoms with E-state index in [-0.39, 0.29) is 5.91 Å². The van der Waals surface area contributed by atoms with Gasteiger partial charge in [0.2, 0.25) is 0 Å². The van der Waals surface area contributed by atoms with Gasteiger partial charge in [-0.15, -0.1) is 0 Å². The van der Waals surface area contributed by atoms with Crippen LogP contribution in [0.15, 0.2) is 36.4 Å². The van der Waals surface area contributed by atoms with E-state index in [1.807, 2.05) is 19.1 Å². The molecule has 1 aliphatic heterocycles. The summed E-state index contributed by atoms with van der Waals surface area (Å²) in [7, 11) is 0. The molecule has 0 saturated heterocycles. The van der Waals surface area contributed by atoms with E-state index in [1.165, 1.54) is 0 Å². The predicted octanol–water partition coefficient (Wildman–Crippen LogP) is 1.83. The molecule has 4 N–H and O–H groups in total. The molecule has 1 unspecified atom stereocenters. The Kier molecular flexibility index (Phi) is 4.41. The Morgan fingerprint density at radius 1 is 1.29 bits per heavy atom. The summed E-state index contributed by atoms with van der Waals surface area (Å²) in [5, 5.41) is 0. The lowest BCUT2D eigenvalue weighted by atomic mass is 10.2. The third kappa shape index (κ3) is 3.19. The molecule has 0 saturated carbocycles. The molecule has 1 aromatic carbocycles. The van der Waals surface area contributed by atoms with Gasteiger partial charge < -0.3 is 20.9 Å². The highest BCUT2D eigenvalue weighted by molar-refractivity contribution is 5.99. The Morgan fingerprint density at radius 2 is 2.12 bits per heavy atom. The van der Waals surface area contributed by atoms with Gasteiger partial charge in [-0.2, -0.15) is 0 Å². The number of rotatable bonds is 5. The second-order valence-electron chi connectivity index (χ2n) is 5.48. The molecule has 1 atom stereocenters. The minimum absolute atomic E-state index is 0.140. The van der Waals surface area contributed by atoms with Crippen molar-refractivity contribution >= 4 is 23.2 Å². The molecule has 3 rings (SSSR count). The van der Waals surface area contributed by atoms with Gasteiger partial charge in [-0.3, -0.25) is 9.69 Å². The van der Waals surface area contributed by atoms with Gasteiger partial charge >= 0.3 is 0 Å². The summed E-state index contributed by atoms with van der Waals surface area (Å²) in [5.41, 5.74) is 12.1. The first kappa shape index (κ1) is 15.9. The standard InChI is InChI=1S/C17H20N4O3/c1-2-13-17(22)21(16-14(24-13)6-7-15(19)20-16)8-9-23-12-5-3-4-11(18)10-12/h3-7,10,13H,2,8-9,18H2,1H3,(H2,19,20). The number of benzene rings is 1. The van der Waals surface area contributed by atoms with E-state index in [9.17, 15) is 4.79 Å². The Labute approximate surface area is 140 Å². The third-order valence-corrected chi connectivity index (χ3v) is 3.74. The van der Waals surface area contributed by atoms with Crippen molar-refractivity contribution < 1.29 is 14.3 Å². The van der Waals surface area contributed by atoms with Crippen molar-refractivity contribution in [2.75, 3.05) is 29.5 Å². The fourth-order valence-corrected chi connectivity index (χ4v) is 2.55. The monoisotopic (exact) mass is 328 g/mol. The molecule has 2 heterocycles. The van der Waals surface area contributed by atoms with Crippen LogP contribution in [0.3, 0.4) is 0 Å². The fourth-order valence-electron chi connectivity index (χ4n) is 2.55. The summed E-state index contributed by atoms with van der Waals surface area (Å²) < 4.78 is 11.4. The molecule has 0 aliphatic carbocycles. The summed E-state index contributed by atoms with van der Waals surface area (Å²) >= 11 is 0. The van der Waals surface area contributed by atoms with Crippen molar-refractivity contribution in [2.45, 2.75) is 19.4 Å². The van der Waals surface area contributed by atoms with E-state index < -0.39 is 6.10 Å².